The first kappa shape index (κ1) is 35.9. The van der Waals surface area contributed by atoms with Crippen molar-refractivity contribution >= 4 is 22.7 Å². The van der Waals surface area contributed by atoms with Crippen LogP contribution in [0.5, 0.6) is 23.0 Å². The number of esters is 1. The third-order valence-corrected chi connectivity index (χ3v) is 11.6. The highest BCUT2D eigenvalue weighted by Gasteiger charge is 2.55. The Labute approximate surface area is 315 Å². The van der Waals surface area contributed by atoms with Gasteiger partial charge in [0.2, 0.25) is 0 Å². The predicted molar refractivity (Wildman–Crippen MR) is 206 cm³/mol. The van der Waals surface area contributed by atoms with Gasteiger partial charge in [0, 0.05) is 74.7 Å². The molecule has 2 aliphatic heterocycles. The van der Waals surface area contributed by atoms with Crippen molar-refractivity contribution in [3.8, 4) is 23.0 Å². The van der Waals surface area contributed by atoms with Crippen LogP contribution in [0.2, 0.25) is 0 Å². The van der Waals surface area contributed by atoms with Gasteiger partial charge in [-0.05, 0) is 65.8 Å². The molecule has 0 radical (unpaired) electrons. The minimum Gasteiger partial charge on any atom is -0.493 e. The standard InChI is InChI=1S/C43H48FN5O5/c1-27(2)32-8-6-7-9-33(32)37-24-47(23-28-10-13-38(51-3)40(16-28)52-4)14-15-49(37)30-19-43(20-30)25-48(26-43)29-11-12-34(42(50)53-5)39(17-29)54-31-18-35-36(44)22-46-41(35)45-21-31/h6-13,16-18,21-22,27,30,37H,14-15,19-20,23-26H2,1-5H3,(H,45,46)/t37-/m0/s1. The molecule has 4 heterocycles. The van der Waals surface area contributed by atoms with Crippen molar-refractivity contribution in [2.24, 2.45) is 5.41 Å². The number of hydrogen-bond acceptors (Lipinski definition) is 9. The summed E-state index contributed by atoms with van der Waals surface area (Å²) in [6.45, 7) is 10.3. The summed E-state index contributed by atoms with van der Waals surface area (Å²) in [4.78, 5) is 27.5. The van der Waals surface area contributed by atoms with Crippen molar-refractivity contribution in [1.29, 1.82) is 0 Å². The van der Waals surface area contributed by atoms with Crippen LogP contribution in [-0.2, 0) is 11.3 Å². The molecule has 3 aromatic carbocycles. The molecule has 0 amide bonds. The highest BCUT2D eigenvalue weighted by atomic mass is 19.1. The number of halogens is 1. The van der Waals surface area contributed by atoms with E-state index in [0.29, 0.717) is 46.1 Å². The van der Waals surface area contributed by atoms with E-state index in [1.165, 1.54) is 36.2 Å². The zero-order valence-corrected chi connectivity index (χ0v) is 31.6. The van der Waals surface area contributed by atoms with Crippen LogP contribution in [0.4, 0.5) is 10.1 Å². The van der Waals surface area contributed by atoms with E-state index in [1.807, 2.05) is 18.2 Å². The second kappa shape index (κ2) is 14.6. The number of hydrogen-bond donors (Lipinski definition) is 1. The first-order chi connectivity index (χ1) is 26.2. The summed E-state index contributed by atoms with van der Waals surface area (Å²) in [7, 11) is 4.70. The molecule has 1 spiro atoms. The van der Waals surface area contributed by atoms with Gasteiger partial charge in [-0.2, -0.15) is 0 Å². The van der Waals surface area contributed by atoms with Gasteiger partial charge >= 0.3 is 5.97 Å². The van der Waals surface area contributed by atoms with Crippen molar-refractivity contribution in [3.05, 3.63) is 107 Å². The van der Waals surface area contributed by atoms with Gasteiger partial charge in [0.05, 0.1) is 32.9 Å². The Bertz CT molecular complexity index is 2160. The minimum absolute atomic E-state index is 0.256. The molecule has 3 aliphatic rings. The Morgan fingerprint density at radius 1 is 0.963 bits per heavy atom. The maximum atomic E-state index is 14.3. The lowest BCUT2D eigenvalue weighted by Crippen LogP contribution is -2.68. The van der Waals surface area contributed by atoms with Crippen molar-refractivity contribution < 1.29 is 28.1 Å². The number of ether oxygens (including phenoxy) is 4. The van der Waals surface area contributed by atoms with Crippen molar-refractivity contribution in [3.63, 3.8) is 0 Å². The summed E-state index contributed by atoms with van der Waals surface area (Å²) < 4.78 is 36.6. The molecule has 8 rings (SSSR count). The molecule has 1 atom stereocenters. The number of carbonyl (C=O) groups is 1. The number of nitrogens with zero attached hydrogens (tertiary/aromatic N) is 4. The number of piperazine rings is 1. The predicted octanol–water partition coefficient (Wildman–Crippen LogP) is 7.95. The maximum absolute atomic E-state index is 14.3. The molecular formula is C43H48FN5O5. The molecule has 2 saturated heterocycles. The number of anilines is 1. The molecule has 2 aromatic heterocycles. The Balaban J connectivity index is 0.970. The number of rotatable bonds is 11. The summed E-state index contributed by atoms with van der Waals surface area (Å²) in [5.41, 5.74) is 6.04. The van der Waals surface area contributed by atoms with Crippen molar-refractivity contribution in [2.75, 3.05) is 59.0 Å². The van der Waals surface area contributed by atoms with E-state index in [4.69, 9.17) is 18.9 Å². The molecule has 1 saturated carbocycles. The molecule has 3 fully saturated rings. The van der Waals surface area contributed by atoms with E-state index >= 15 is 0 Å². The van der Waals surface area contributed by atoms with Crippen molar-refractivity contribution in [1.82, 2.24) is 19.8 Å². The number of pyridine rings is 1. The highest BCUT2D eigenvalue weighted by molar-refractivity contribution is 5.93. The second-order valence-corrected chi connectivity index (χ2v) is 15.4. The van der Waals surface area contributed by atoms with Crippen LogP contribution < -0.4 is 19.1 Å². The summed E-state index contributed by atoms with van der Waals surface area (Å²) in [5, 5.41) is 0.321. The molecule has 1 N–H and O–H groups in total. The number of H-pyrrole nitrogens is 1. The van der Waals surface area contributed by atoms with Gasteiger partial charge in [0.15, 0.2) is 11.5 Å². The van der Waals surface area contributed by atoms with E-state index < -0.39 is 11.8 Å². The Morgan fingerprint density at radius 3 is 2.52 bits per heavy atom. The highest BCUT2D eigenvalue weighted by Crippen LogP contribution is 2.53. The lowest BCUT2D eigenvalue weighted by Gasteiger charge is -2.63. The van der Waals surface area contributed by atoms with Crippen LogP contribution in [0.15, 0.2) is 79.1 Å². The normalized spacial score (nSPS) is 18.8. The molecule has 54 heavy (non-hydrogen) atoms. The topological polar surface area (TPSA) is 92.4 Å². The number of fused-ring (bicyclic) bond motifs is 1. The molecule has 0 unspecified atom stereocenters. The van der Waals surface area contributed by atoms with Crippen LogP contribution in [0.25, 0.3) is 11.0 Å². The molecule has 0 bridgehead atoms. The molecule has 11 heteroatoms. The summed E-state index contributed by atoms with van der Waals surface area (Å²) in [6.07, 6.45) is 5.08. The van der Waals surface area contributed by atoms with E-state index in [9.17, 15) is 9.18 Å². The van der Waals surface area contributed by atoms with Crippen LogP contribution in [0.1, 0.15) is 65.7 Å². The fourth-order valence-corrected chi connectivity index (χ4v) is 8.87. The zero-order valence-electron chi connectivity index (χ0n) is 31.6. The lowest BCUT2D eigenvalue weighted by molar-refractivity contribution is -0.0647. The Kier molecular flexibility index (Phi) is 9.70. The van der Waals surface area contributed by atoms with Gasteiger partial charge in [0.1, 0.15) is 28.5 Å². The Morgan fingerprint density at radius 2 is 1.76 bits per heavy atom. The van der Waals surface area contributed by atoms with Gasteiger partial charge in [-0.1, -0.05) is 44.2 Å². The van der Waals surface area contributed by atoms with E-state index in [2.05, 4.69) is 74.9 Å². The van der Waals surface area contributed by atoms with Crippen LogP contribution >= 0.6 is 0 Å². The summed E-state index contributed by atoms with van der Waals surface area (Å²) >= 11 is 0. The fourth-order valence-electron chi connectivity index (χ4n) is 8.87. The number of nitrogens with one attached hydrogen (secondary N) is 1. The quantitative estimate of drug-likeness (QED) is 0.136. The molecule has 10 nitrogen and oxygen atoms in total. The number of methoxy groups -OCH3 is 3. The van der Waals surface area contributed by atoms with Crippen LogP contribution in [0, 0.1) is 11.2 Å². The molecule has 5 aromatic rings. The maximum Gasteiger partial charge on any atom is 0.341 e. The van der Waals surface area contributed by atoms with Gasteiger partial charge in [0.25, 0.3) is 0 Å². The first-order valence-corrected chi connectivity index (χ1v) is 18.7. The number of aromatic nitrogens is 2. The van der Waals surface area contributed by atoms with Gasteiger partial charge in [-0.3, -0.25) is 9.80 Å². The van der Waals surface area contributed by atoms with Gasteiger partial charge in [-0.15, -0.1) is 0 Å². The lowest BCUT2D eigenvalue weighted by atomic mass is 9.59. The van der Waals surface area contributed by atoms with E-state index in [-0.39, 0.29) is 5.41 Å². The average Bonchev–Trinajstić information content (AvgIpc) is 3.53. The van der Waals surface area contributed by atoms with E-state index in [1.54, 1.807) is 26.4 Å². The van der Waals surface area contributed by atoms with Gasteiger partial charge in [-0.25, -0.2) is 14.2 Å². The number of aromatic amines is 1. The molecule has 1 aliphatic carbocycles. The molecule has 282 valence electrons. The van der Waals surface area contributed by atoms with Crippen LogP contribution in [-0.4, -0.2) is 85.8 Å². The Hall–Kier alpha value is -5.13. The van der Waals surface area contributed by atoms with Crippen LogP contribution in [0.3, 0.4) is 0 Å². The fraction of sp³-hybridized carbons (Fsp3) is 0.395. The smallest absolute Gasteiger partial charge is 0.341 e. The zero-order chi connectivity index (χ0) is 37.6. The SMILES string of the molecule is COC(=O)c1ccc(N2CC3(CC(N4CCN(Cc5ccc(OC)c(OC)c5)C[C@H]4c4ccccc4C(C)C)C3)C2)cc1Oc1cnc2[nH]cc(F)c2c1. The summed E-state index contributed by atoms with van der Waals surface area (Å²) in [6, 6.07) is 23.2. The minimum atomic E-state index is -0.502. The first-order valence-electron chi connectivity index (χ1n) is 18.7. The average molecular weight is 734 g/mol. The third-order valence-electron chi connectivity index (χ3n) is 11.6. The van der Waals surface area contributed by atoms with E-state index in [0.717, 1.165) is 69.3 Å². The second-order valence-electron chi connectivity index (χ2n) is 15.4. The third kappa shape index (κ3) is 6.75. The number of benzene rings is 3. The molecular weight excluding hydrogens is 686 g/mol. The van der Waals surface area contributed by atoms with Crippen molar-refractivity contribution in [2.45, 2.75) is 51.2 Å². The largest absolute Gasteiger partial charge is 0.493 e. The van der Waals surface area contributed by atoms with Gasteiger partial charge < -0.3 is 28.8 Å². The summed E-state index contributed by atoms with van der Waals surface area (Å²) in [5.74, 6) is 1.71. The number of carbonyl (C=O) groups excluding carboxylic acids is 1. The monoisotopic (exact) mass is 733 g/mol.